The number of hydrogen-bond acceptors (Lipinski definition) is 0. The van der Waals surface area contributed by atoms with Crippen LogP contribution in [0.4, 0.5) is 0 Å². The number of halogens is 3. The average Bonchev–Trinajstić information content (AvgIpc) is 2.11. The minimum atomic E-state index is 0.499. The monoisotopic (exact) mass is 532 g/mol. The molecule has 0 aliphatic heterocycles. The molecule has 0 aromatic rings. The molecule has 14 heavy (non-hydrogen) atoms. The lowest BCUT2D eigenvalue weighted by molar-refractivity contribution is 0.0878. The maximum Gasteiger partial charge on any atom is 0.0282 e. The van der Waals surface area contributed by atoms with Gasteiger partial charge in [-0.2, -0.15) is 0 Å². The first kappa shape index (κ1) is 14.3. The lowest BCUT2D eigenvalue weighted by atomic mass is 9.60. The van der Waals surface area contributed by atoms with Gasteiger partial charge in [-0.25, -0.2) is 0 Å². The van der Waals surface area contributed by atoms with E-state index < -0.39 is 0 Å². The van der Waals surface area contributed by atoms with Crippen LogP contribution in [0.5, 0.6) is 0 Å². The molecule has 84 valence electrons. The van der Waals surface area contributed by atoms with Gasteiger partial charge >= 0.3 is 0 Å². The Kier molecular flexibility index (Phi) is 4.91. The Hall–Kier alpha value is 2.19. The zero-order valence-corrected chi connectivity index (χ0v) is 15.8. The van der Waals surface area contributed by atoms with Gasteiger partial charge in [-0.05, 0) is 23.2 Å². The predicted molar refractivity (Wildman–Crippen MR) is 90.2 cm³/mol. The van der Waals surface area contributed by atoms with Gasteiger partial charge < -0.3 is 0 Å². The third-order valence-electron chi connectivity index (χ3n) is 3.77. The fraction of sp³-hybridized carbons (Fsp3) is 1.00. The summed E-state index contributed by atoms with van der Waals surface area (Å²) in [5.41, 5.74) is 1.04. The summed E-state index contributed by atoms with van der Waals surface area (Å²) in [5.74, 6) is 0.843. The van der Waals surface area contributed by atoms with E-state index in [9.17, 15) is 0 Å². The van der Waals surface area contributed by atoms with Gasteiger partial charge in [0.25, 0.3) is 0 Å². The van der Waals surface area contributed by atoms with Crippen LogP contribution in [-0.2, 0) is 0 Å². The molecule has 1 saturated carbocycles. The number of alkyl halides is 3. The van der Waals surface area contributed by atoms with E-state index in [1.54, 1.807) is 0 Å². The van der Waals surface area contributed by atoms with Gasteiger partial charge in [-0.15, -0.1) is 0 Å². The van der Waals surface area contributed by atoms with E-state index in [1.807, 2.05) is 0 Å². The van der Waals surface area contributed by atoms with Crippen LogP contribution in [0, 0.1) is 16.7 Å². The van der Waals surface area contributed by atoms with Crippen LogP contribution in [0.2, 0.25) is 0 Å². The Morgan fingerprint density at radius 1 is 1.21 bits per heavy atom. The standard InChI is InChI=1S/C11H19I3/c1-7-8(13)9(14)10(2,3)5-11(7,4)6-12/h7-9H,5-6H2,1-4H3. The summed E-state index contributed by atoms with van der Waals surface area (Å²) in [4.78, 5) is 0. The Labute approximate surface area is 129 Å². The number of hydrogen-bond donors (Lipinski definition) is 0. The van der Waals surface area contributed by atoms with Crippen molar-refractivity contribution >= 4 is 67.8 Å². The van der Waals surface area contributed by atoms with Gasteiger partial charge in [-0.1, -0.05) is 95.5 Å². The van der Waals surface area contributed by atoms with Gasteiger partial charge in [0.05, 0.1) is 0 Å². The second-order valence-corrected chi connectivity index (χ2v) is 9.13. The largest absolute Gasteiger partial charge is 0.0858 e. The van der Waals surface area contributed by atoms with Crippen LogP contribution < -0.4 is 0 Å². The number of rotatable bonds is 1. The molecule has 0 aromatic heterocycles. The Bertz CT molecular complexity index is 215. The molecule has 1 rings (SSSR count). The lowest BCUT2D eigenvalue weighted by Gasteiger charge is -2.52. The van der Waals surface area contributed by atoms with Crippen molar-refractivity contribution < 1.29 is 0 Å². The van der Waals surface area contributed by atoms with Crippen molar-refractivity contribution in [2.45, 2.75) is 42.0 Å². The van der Waals surface area contributed by atoms with Crippen LogP contribution in [0.25, 0.3) is 0 Å². The highest BCUT2D eigenvalue weighted by atomic mass is 127. The molecule has 1 aliphatic rings. The topological polar surface area (TPSA) is 0 Å². The molecule has 0 nitrogen and oxygen atoms in total. The molecule has 0 radical (unpaired) electrons. The van der Waals surface area contributed by atoms with E-state index in [1.165, 1.54) is 10.8 Å². The first-order chi connectivity index (χ1) is 6.24. The van der Waals surface area contributed by atoms with Crippen LogP contribution in [-0.4, -0.2) is 12.3 Å². The van der Waals surface area contributed by atoms with Crippen molar-refractivity contribution in [2.75, 3.05) is 4.43 Å². The molecular weight excluding hydrogens is 513 g/mol. The van der Waals surface area contributed by atoms with Crippen molar-refractivity contribution in [3.8, 4) is 0 Å². The summed E-state index contributed by atoms with van der Waals surface area (Å²) in [7, 11) is 0. The van der Waals surface area contributed by atoms with Crippen LogP contribution in [0.3, 0.4) is 0 Å². The molecule has 4 atom stereocenters. The smallest absolute Gasteiger partial charge is 0.0282 e. The maximum absolute atomic E-state index is 2.67. The molecule has 0 bridgehead atoms. The van der Waals surface area contributed by atoms with Gasteiger partial charge in [0.2, 0.25) is 0 Å². The highest BCUT2D eigenvalue weighted by molar-refractivity contribution is 14.1. The molecular formula is C11H19I3. The van der Waals surface area contributed by atoms with E-state index >= 15 is 0 Å². The van der Waals surface area contributed by atoms with Gasteiger partial charge in [0, 0.05) is 12.3 Å². The van der Waals surface area contributed by atoms with E-state index in [0.29, 0.717) is 10.8 Å². The molecule has 0 amide bonds. The SMILES string of the molecule is CC1C(I)C(I)C(C)(C)CC1(C)CI. The lowest BCUT2D eigenvalue weighted by Crippen LogP contribution is -2.50. The molecule has 4 unspecified atom stereocenters. The minimum Gasteiger partial charge on any atom is -0.0858 e. The minimum absolute atomic E-state index is 0.499. The van der Waals surface area contributed by atoms with E-state index in [-0.39, 0.29) is 0 Å². The summed E-state index contributed by atoms with van der Waals surface area (Å²) < 4.78 is 2.92. The van der Waals surface area contributed by atoms with Gasteiger partial charge in [0.1, 0.15) is 0 Å². The normalized spacial score (nSPS) is 47.8. The Morgan fingerprint density at radius 2 is 1.71 bits per heavy atom. The second-order valence-electron chi connectivity index (χ2n) is 5.59. The van der Waals surface area contributed by atoms with Crippen molar-refractivity contribution in [3.63, 3.8) is 0 Å². The summed E-state index contributed by atoms with van der Waals surface area (Å²) in [6.45, 7) is 9.79. The summed E-state index contributed by atoms with van der Waals surface area (Å²) in [5, 5.41) is 0. The molecule has 3 heteroatoms. The molecule has 1 aliphatic carbocycles. The van der Waals surface area contributed by atoms with Crippen molar-refractivity contribution in [1.82, 2.24) is 0 Å². The third kappa shape index (κ3) is 2.54. The average molecular weight is 532 g/mol. The quantitative estimate of drug-likeness (QED) is 0.326. The summed E-state index contributed by atoms with van der Waals surface area (Å²) >= 11 is 7.90. The maximum atomic E-state index is 2.67. The second kappa shape index (κ2) is 4.82. The molecule has 0 aromatic carbocycles. The van der Waals surface area contributed by atoms with Crippen molar-refractivity contribution in [3.05, 3.63) is 0 Å². The fourth-order valence-electron chi connectivity index (χ4n) is 2.54. The molecule has 0 heterocycles. The Balaban J connectivity index is 2.96. The predicted octanol–water partition coefficient (Wildman–Crippen LogP) is 5.10. The third-order valence-corrected chi connectivity index (χ3v) is 11.1. The zero-order chi connectivity index (χ0) is 11.1. The first-order valence-corrected chi connectivity index (χ1v) is 9.10. The van der Waals surface area contributed by atoms with Crippen LogP contribution in [0.15, 0.2) is 0 Å². The molecule has 0 saturated heterocycles. The van der Waals surface area contributed by atoms with Crippen LogP contribution in [0.1, 0.15) is 34.1 Å². The summed E-state index contributed by atoms with van der Waals surface area (Å²) in [6, 6.07) is 0. The van der Waals surface area contributed by atoms with E-state index in [2.05, 4.69) is 95.5 Å². The first-order valence-electron chi connectivity index (χ1n) is 5.09. The molecule has 1 fully saturated rings. The van der Waals surface area contributed by atoms with Gasteiger partial charge in [-0.3, -0.25) is 0 Å². The van der Waals surface area contributed by atoms with E-state index in [0.717, 1.165) is 13.8 Å². The van der Waals surface area contributed by atoms with Crippen molar-refractivity contribution in [1.29, 1.82) is 0 Å². The highest BCUT2D eigenvalue weighted by Gasteiger charge is 2.49. The summed E-state index contributed by atoms with van der Waals surface area (Å²) in [6.07, 6.45) is 1.37. The fourth-order valence-corrected chi connectivity index (χ4v) is 6.19. The molecule has 0 N–H and O–H groups in total. The van der Waals surface area contributed by atoms with Gasteiger partial charge in [0.15, 0.2) is 0 Å². The van der Waals surface area contributed by atoms with Crippen LogP contribution >= 0.6 is 67.8 Å². The molecule has 0 spiro atoms. The zero-order valence-electron chi connectivity index (χ0n) is 9.28. The van der Waals surface area contributed by atoms with Crippen molar-refractivity contribution in [2.24, 2.45) is 16.7 Å². The highest BCUT2D eigenvalue weighted by Crippen LogP contribution is 2.55. The van der Waals surface area contributed by atoms with E-state index in [4.69, 9.17) is 0 Å². The Morgan fingerprint density at radius 3 is 2.14 bits per heavy atom.